The molecule has 2 N–H and O–H groups in total. The van der Waals surface area contributed by atoms with Crippen LogP contribution in [0.15, 0.2) is 0 Å². The molecule has 2 aliphatic rings. The second kappa shape index (κ2) is 4.81. The average molecular weight is 212 g/mol. The molecule has 2 saturated heterocycles. The molecule has 0 aromatic carbocycles. The molecule has 0 aliphatic carbocycles. The summed E-state index contributed by atoms with van der Waals surface area (Å²) in [5.74, 6) is 0. The predicted octanol–water partition coefficient (Wildman–Crippen LogP) is 0.972. The molecule has 0 radical (unpaired) electrons. The average Bonchev–Trinajstić information content (AvgIpc) is 2.66. The molecule has 0 aromatic heterocycles. The Labute approximate surface area is 92.8 Å². The smallest absolute Gasteiger partial charge is 0.0710 e. The molecule has 3 unspecified atom stereocenters. The van der Waals surface area contributed by atoms with Gasteiger partial charge in [0, 0.05) is 24.7 Å². The van der Waals surface area contributed by atoms with Crippen LogP contribution >= 0.6 is 0 Å². The zero-order chi connectivity index (χ0) is 10.8. The first kappa shape index (κ1) is 11.4. The number of nitrogens with one attached hydrogen (secondary N) is 1. The molecule has 3 heteroatoms. The van der Waals surface area contributed by atoms with Crippen LogP contribution in [0.25, 0.3) is 0 Å². The summed E-state index contributed by atoms with van der Waals surface area (Å²) < 4.78 is 0. The van der Waals surface area contributed by atoms with Crippen molar-refractivity contribution in [1.82, 2.24) is 10.2 Å². The van der Waals surface area contributed by atoms with Gasteiger partial charge in [-0.15, -0.1) is 0 Å². The minimum atomic E-state index is -0.109. The van der Waals surface area contributed by atoms with E-state index in [1.54, 1.807) is 0 Å². The fraction of sp³-hybridized carbons (Fsp3) is 1.00. The largest absolute Gasteiger partial charge is 0.391 e. The fourth-order valence-corrected chi connectivity index (χ4v) is 2.96. The lowest BCUT2D eigenvalue weighted by Gasteiger charge is -2.40. The lowest BCUT2D eigenvalue weighted by Crippen LogP contribution is -2.55. The van der Waals surface area contributed by atoms with Gasteiger partial charge in [-0.1, -0.05) is 6.92 Å². The van der Waals surface area contributed by atoms with Gasteiger partial charge in [0.2, 0.25) is 0 Å². The maximum absolute atomic E-state index is 10.1. The summed E-state index contributed by atoms with van der Waals surface area (Å²) in [6, 6.07) is 1.52. The number of fused-ring (bicyclic) bond motifs is 1. The summed E-state index contributed by atoms with van der Waals surface area (Å²) in [7, 11) is 0. The first-order valence-electron chi connectivity index (χ1n) is 6.39. The highest BCUT2D eigenvalue weighted by molar-refractivity contribution is 4.94. The minimum absolute atomic E-state index is 0.109. The SMILES string of the molecule is CCC(C)N[C@@H]1CC(O)C2CCCN2C1. The lowest BCUT2D eigenvalue weighted by molar-refractivity contribution is 0.0160. The highest BCUT2D eigenvalue weighted by atomic mass is 16.3. The molecule has 2 aliphatic heterocycles. The van der Waals surface area contributed by atoms with E-state index >= 15 is 0 Å². The van der Waals surface area contributed by atoms with Gasteiger partial charge in [0.15, 0.2) is 0 Å². The number of rotatable bonds is 3. The number of aliphatic hydroxyl groups excluding tert-OH is 1. The molecular weight excluding hydrogens is 188 g/mol. The third-order valence-electron chi connectivity index (χ3n) is 3.97. The molecule has 0 amide bonds. The molecule has 3 nitrogen and oxygen atoms in total. The number of hydrogen-bond acceptors (Lipinski definition) is 3. The molecule has 0 bridgehead atoms. The minimum Gasteiger partial charge on any atom is -0.391 e. The Morgan fingerprint density at radius 2 is 2.33 bits per heavy atom. The number of piperidine rings is 1. The van der Waals surface area contributed by atoms with Gasteiger partial charge < -0.3 is 10.4 Å². The molecular formula is C12H24N2O. The van der Waals surface area contributed by atoms with Crippen LogP contribution in [0.4, 0.5) is 0 Å². The topological polar surface area (TPSA) is 35.5 Å². The molecule has 15 heavy (non-hydrogen) atoms. The monoisotopic (exact) mass is 212 g/mol. The first-order chi connectivity index (χ1) is 7.20. The van der Waals surface area contributed by atoms with E-state index in [9.17, 15) is 5.11 Å². The van der Waals surface area contributed by atoms with E-state index in [0.717, 1.165) is 19.4 Å². The van der Waals surface area contributed by atoms with Gasteiger partial charge in [0.25, 0.3) is 0 Å². The Bertz CT molecular complexity index is 210. The summed E-state index contributed by atoms with van der Waals surface area (Å²) in [6.45, 7) is 6.74. The van der Waals surface area contributed by atoms with E-state index in [1.165, 1.54) is 19.4 Å². The normalized spacial score (nSPS) is 39.0. The molecule has 0 aromatic rings. The summed E-state index contributed by atoms with van der Waals surface area (Å²) in [5.41, 5.74) is 0. The quantitative estimate of drug-likeness (QED) is 0.732. The highest BCUT2D eigenvalue weighted by Gasteiger charge is 2.37. The molecule has 2 heterocycles. The molecule has 2 fully saturated rings. The fourth-order valence-electron chi connectivity index (χ4n) is 2.96. The molecule has 0 saturated carbocycles. The van der Waals surface area contributed by atoms with Gasteiger partial charge in [-0.2, -0.15) is 0 Å². The van der Waals surface area contributed by atoms with Crippen molar-refractivity contribution in [2.45, 2.75) is 63.8 Å². The number of hydrogen-bond donors (Lipinski definition) is 2. The van der Waals surface area contributed by atoms with Gasteiger partial charge in [0.05, 0.1) is 6.10 Å². The third-order valence-corrected chi connectivity index (χ3v) is 3.97. The Morgan fingerprint density at radius 1 is 1.53 bits per heavy atom. The van der Waals surface area contributed by atoms with Crippen LogP contribution in [0.1, 0.15) is 39.5 Å². The predicted molar refractivity (Wildman–Crippen MR) is 61.9 cm³/mol. The second-order valence-electron chi connectivity index (χ2n) is 5.18. The van der Waals surface area contributed by atoms with Crippen molar-refractivity contribution in [1.29, 1.82) is 0 Å². The van der Waals surface area contributed by atoms with Gasteiger partial charge >= 0.3 is 0 Å². The lowest BCUT2D eigenvalue weighted by atomic mass is 9.95. The van der Waals surface area contributed by atoms with Crippen molar-refractivity contribution < 1.29 is 5.11 Å². The Hall–Kier alpha value is -0.120. The van der Waals surface area contributed by atoms with Crippen LogP contribution in [-0.4, -0.2) is 47.3 Å². The van der Waals surface area contributed by atoms with Crippen LogP contribution in [0.3, 0.4) is 0 Å². The molecule has 4 atom stereocenters. The van der Waals surface area contributed by atoms with Crippen LogP contribution in [-0.2, 0) is 0 Å². The van der Waals surface area contributed by atoms with Gasteiger partial charge in [-0.05, 0) is 39.2 Å². The van der Waals surface area contributed by atoms with E-state index in [1.807, 2.05) is 0 Å². The second-order valence-corrected chi connectivity index (χ2v) is 5.18. The van der Waals surface area contributed by atoms with E-state index in [4.69, 9.17) is 0 Å². The van der Waals surface area contributed by atoms with Crippen molar-refractivity contribution in [2.75, 3.05) is 13.1 Å². The maximum atomic E-state index is 10.1. The maximum Gasteiger partial charge on any atom is 0.0710 e. The van der Waals surface area contributed by atoms with Crippen LogP contribution in [0.5, 0.6) is 0 Å². The van der Waals surface area contributed by atoms with Gasteiger partial charge in [0.1, 0.15) is 0 Å². The molecule has 2 rings (SSSR count). The van der Waals surface area contributed by atoms with E-state index in [-0.39, 0.29) is 6.10 Å². The number of aliphatic hydroxyl groups is 1. The third kappa shape index (κ3) is 2.52. The van der Waals surface area contributed by atoms with Gasteiger partial charge in [-0.3, -0.25) is 4.90 Å². The zero-order valence-electron chi connectivity index (χ0n) is 9.95. The van der Waals surface area contributed by atoms with Crippen molar-refractivity contribution in [3.05, 3.63) is 0 Å². The van der Waals surface area contributed by atoms with Crippen molar-refractivity contribution in [3.8, 4) is 0 Å². The zero-order valence-corrected chi connectivity index (χ0v) is 9.95. The van der Waals surface area contributed by atoms with Gasteiger partial charge in [-0.25, -0.2) is 0 Å². The highest BCUT2D eigenvalue weighted by Crippen LogP contribution is 2.27. The van der Waals surface area contributed by atoms with Crippen molar-refractivity contribution >= 4 is 0 Å². The number of nitrogens with zero attached hydrogens (tertiary/aromatic N) is 1. The summed E-state index contributed by atoms with van der Waals surface area (Å²) in [5, 5.41) is 13.7. The molecule has 0 spiro atoms. The van der Waals surface area contributed by atoms with Crippen molar-refractivity contribution in [3.63, 3.8) is 0 Å². The van der Waals surface area contributed by atoms with E-state index < -0.39 is 0 Å². The Kier molecular flexibility index (Phi) is 3.65. The molecule has 88 valence electrons. The summed E-state index contributed by atoms with van der Waals surface area (Å²) >= 11 is 0. The van der Waals surface area contributed by atoms with E-state index in [0.29, 0.717) is 18.1 Å². The van der Waals surface area contributed by atoms with E-state index in [2.05, 4.69) is 24.1 Å². The summed E-state index contributed by atoms with van der Waals surface area (Å²) in [4.78, 5) is 2.47. The Morgan fingerprint density at radius 3 is 3.07 bits per heavy atom. The van der Waals surface area contributed by atoms with Crippen LogP contribution < -0.4 is 5.32 Å². The van der Waals surface area contributed by atoms with Crippen LogP contribution in [0.2, 0.25) is 0 Å². The van der Waals surface area contributed by atoms with Crippen LogP contribution in [0, 0.1) is 0 Å². The standard InChI is InChI=1S/C12H24N2O/c1-3-9(2)13-10-7-12(15)11-5-4-6-14(11)8-10/h9-13,15H,3-8H2,1-2H3/t9?,10-,11?,12?/m1/s1. The first-order valence-corrected chi connectivity index (χ1v) is 6.39. The van der Waals surface area contributed by atoms with Crippen molar-refractivity contribution in [2.24, 2.45) is 0 Å². The summed E-state index contributed by atoms with van der Waals surface area (Å²) in [6.07, 6.45) is 4.44. The Balaban J connectivity index is 1.88.